The van der Waals surface area contributed by atoms with Gasteiger partial charge in [-0.3, -0.25) is 0 Å². The van der Waals surface area contributed by atoms with Gasteiger partial charge in [0.05, 0.1) is 24.7 Å². The Labute approximate surface area is 121 Å². The Kier molecular flexibility index (Phi) is 3.96. The zero-order valence-corrected chi connectivity index (χ0v) is 12.2. The molecule has 0 atom stereocenters. The lowest BCUT2D eigenvalue weighted by Crippen LogP contribution is -2.20. The van der Waals surface area contributed by atoms with Gasteiger partial charge in [0.25, 0.3) is 0 Å². The second-order valence-electron chi connectivity index (χ2n) is 4.04. The fourth-order valence-electron chi connectivity index (χ4n) is 1.75. The molecule has 8 nitrogen and oxygen atoms in total. The molecule has 0 saturated carbocycles. The van der Waals surface area contributed by atoms with Crippen LogP contribution < -0.4 is 10.5 Å². The smallest absolute Gasteiger partial charge is 0.360 e. The van der Waals surface area contributed by atoms with E-state index in [-0.39, 0.29) is 22.0 Å². The van der Waals surface area contributed by atoms with Crippen LogP contribution in [0.15, 0.2) is 35.4 Å². The van der Waals surface area contributed by atoms with E-state index in [0.29, 0.717) is 0 Å². The van der Waals surface area contributed by atoms with E-state index in [1.807, 2.05) is 0 Å². The first kappa shape index (κ1) is 15.0. The van der Waals surface area contributed by atoms with Crippen LogP contribution in [-0.4, -0.2) is 38.3 Å². The number of nitrogens with zero attached hydrogens (tertiary/aromatic N) is 2. The summed E-state index contributed by atoms with van der Waals surface area (Å²) in [5.41, 5.74) is 5.99. The summed E-state index contributed by atoms with van der Waals surface area (Å²) in [5.74, 6) is -0.694. The van der Waals surface area contributed by atoms with Crippen LogP contribution in [0.3, 0.4) is 0 Å². The molecule has 1 aromatic heterocycles. The minimum absolute atomic E-state index is 0.0198. The molecule has 21 heavy (non-hydrogen) atoms. The highest BCUT2D eigenvalue weighted by Crippen LogP contribution is 2.21. The molecule has 1 aromatic carbocycles. The number of sulfonamides is 1. The fourth-order valence-corrected chi connectivity index (χ4v) is 2.66. The normalized spacial score (nSPS) is 11.3. The Bertz CT molecular complexity index is 782. The predicted octanol–water partition coefficient (Wildman–Crippen LogP) is 0.149. The zero-order chi connectivity index (χ0) is 15.6. The molecule has 2 aromatic rings. The first-order valence-electron chi connectivity index (χ1n) is 5.87. The molecule has 0 spiro atoms. The summed E-state index contributed by atoms with van der Waals surface area (Å²) >= 11 is 0. The van der Waals surface area contributed by atoms with Crippen LogP contribution in [0.2, 0.25) is 0 Å². The van der Waals surface area contributed by atoms with Crippen molar-refractivity contribution in [2.24, 2.45) is 0 Å². The Hall–Kier alpha value is -2.39. The van der Waals surface area contributed by atoms with Crippen molar-refractivity contribution in [1.29, 1.82) is 0 Å². The van der Waals surface area contributed by atoms with E-state index in [2.05, 4.69) is 14.6 Å². The summed E-state index contributed by atoms with van der Waals surface area (Å²) in [7, 11) is -1.16. The molecular weight excluding hydrogens is 296 g/mol. The van der Waals surface area contributed by atoms with Crippen LogP contribution in [0, 0.1) is 0 Å². The van der Waals surface area contributed by atoms with Crippen molar-refractivity contribution in [2.75, 3.05) is 19.9 Å². The number of carbonyl (C=O) groups is 1. The number of ether oxygens (including phenoxy) is 1. The number of anilines is 1. The number of nitrogens with one attached hydrogen (secondary N) is 1. The Balaban J connectivity index is 2.62. The molecule has 3 N–H and O–H groups in total. The van der Waals surface area contributed by atoms with Crippen LogP contribution >= 0.6 is 0 Å². The number of aromatic nitrogens is 2. The average molecular weight is 310 g/mol. The van der Waals surface area contributed by atoms with E-state index < -0.39 is 16.0 Å². The number of nitrogens with two attached hydrogens (primary N) is 1. The molecule has 0 aliphatic heterocycles. The number of methoxy groups -OCH3 is 1. The number of hydrogen-bond donors (Lipinski definition) is 2. The highest BCUT2D eigenvalue weighted by molar-refractivity contribution is 7.89. The van der Waals surface area contributed by atoms with Crippen molar-refractivity contribution >= 4 is 21.7 Å². The maximum Gasteiger partial charge on any atom is 0.360 e. The third kappa shape index (κ3) is 2.73. The number of hydrogen-bond acceptors (Lipinski definition) is 6. The molecule has 0 saturated heterocycles. The van der Waals surface area contributed by atoms with Gasteiger partial charge in [-0.25, -0.2) is 22.6 Å². The van der Waals surface area contributed by atoms with Crippen molar-refractivity contribution in [3.8, 4) is 5.69 Å². The van der Waals surface area contributed by atoms with Gasteiger partial charge in [0, 0.05) is 0 Å². The van der Waals surface area contributed by atoms with Crippen LogP contribution in [0.1, 0.15) is 10.5 Å². The maximum atomic E-state index is 12.0. The largest absolute Gasteiger partial charge is 0.464 e. The molecule has 0 fully saturated rings. The lowest BCUT2D eigenvalue weighted by molar-refractivity contribution is 0.0594. The molecular formula is C12H14N4O4S. The third-order valence-corrected chi connectivity index (χ3v) is 4.25. The quantitative estimate of drug-likeness (QED) is 0.776. The number of benzene rings is 1. The SMILES string of the molecule is CNS(=O)(=O)c1ccccc1-n1cc(N)c(C(=O)OC)n1. The van der Waals surface area contributed by atoms with Crippen LogP contribution in [0.4, 0.5) is 5.69 Å². The van der Waals surface area contributed by atoms with E-state index in [4.69, 9.17) is 5.73 Å². The van der Waals surface area contributed by atoms with Gasteiger partial charge in [-0.05, 0) is 19.2 Å². The van der Waals surface area contributed by atoms with Gasteiger partial charge >= 0.3 is 5.97 Å². The number of esters is 1. The highest BCUT2D eigenvalue weighted by Gasteiger charge is 2.21. The number of carbonyl (C=O) groups excluding carboxylic acids is 1. The van der Waals surface area contributed by atoms with Crippen molar-refractivity contribution in [2.45, 2.75) is 4.90 Å². The van der Waals surface area contributed by atoms with Gasteiger partial charge in [-0.15, -0.1) is 0 Å². The number of nitrogen functional groups attached to an aromatic ring is 1. The average Bonchev–Trinajstić information content (AvgIpc) is 2.88. The van der Waals surface area contributed by atoms with Crippen molar-refractivity contribution < 1.29 is 17.9 Å². The zero-order valence-electron chi connectivity index (χ0n) is 11.4. The second-order valence-corrected chi connectivity index (χ2v) is 5.90. The second kappa shape index (κ2) is 5.54. The monoisotopic (exact) mass is 310 g/mol. The number of para-hydroxylation sites is 1. The predicted molar refractivity (Wildman–Crippen MR) is 75.6 cm³/mol. The van der Waals surface area contributed by atoms with Crippen LogP contribution in [0.5, 0.6) is 0 Å². The van der Waals surface area contributed by atoms with Crippen molar-refractivity contribution in [1.82, 2.24) is 14.5 Å². The Morgan fingerprint density at radius 3 is 2.67 bits per heavy atom. The first-order chi connectivity index (χ1) is 9.90. The van der Waals surface area contributed by atoms with Gasteiger partial charge in [0.2, 0.25) is 10.0 Å². The lowest BCUT2D eigenvalue weighted by atomic mass is 10.3. The van der Waals surface area contributed by atoms with E-state index >= 15 is 0 Å². The molecule has 2 rings (SSSR count). The third-order valence-electron chi connectivity index (χ3n) is 2.79. The summed E-state index contributed by atoms with van der Waals surface area (Å²) in [4.78, 5) is 11.5. The molecule has 0 amide bonds. The molecule has 1 heterocycles. The lowest BCUT2D eigenvalue weighted by Gasteiger charge is -2.09. The summed E-state index contributed by atoms with van der Waals surface area (Å²) < 4.78 is 32.0. The fraction of sp³-hybridized carbons (Fsp3) is 0.167. The van der Waals surface area contributed by atoms with Gasteiger partial charge in [-0.1, -0.05) is 12.1 Å². The van der Waals surface area contributed by atoms with E-state index in [9.17, 15) is 13.2 Å². The van der Waals surface area contributed by atoms with E-state index in [1.165, 1.54) is 31.1 Å². The molecule has 0 aliphatic rings. The van der Waals surface area contributed by atoms with Crippen molar-refractivity contribution in [3.63, 3.8) is 0 Å². The minimum atomic E-state index is -3.67. The minimum Gasteiger partial charge on any atom is -0.464 e. The van der Waals surface area contributed by atoms with Crippen LogP contribution in [0.25, 0.3) is 5.69 Å². The van der Waals surface area contributed by atoms with E-state index in [1.54, 1.807) is 18.2 Å². The maximum absolute atomic E-state index is 12.0. The van der Waals surface area contributed by atoms with Gasteiger partial charge < -0.3 is 10.5 Å². The molecule has 0 unspecified atom stereocenters. The summed E-state index contributed by atoms with van der Waals surface area (Å²) in [6.45, 7) is 0. The Morgan fingerprint density at radius 1 is 1.38 bits per heavy atom. The highest BCUT2D eigenvalue weighted by atomic mass is 32.2. The van der Waals surface area contributed by atoms with Crippen molar-refractivity contribution in [3.05, 3.63) is 36.2 Å². The van der Waals surface area contributed by atoms with Gasteiger partial charge in [0.15, 0.2) is 5.69 Å². The molecule has 0 aliphatic carbocycles. The molecule has 0 radical (unpaired) electrons. The van der Waals surface area contributed by atoms with Gasteiger partial charge in [-0.2, -0.15) is 5.10 Å². The topological polar surface area (TPSA) is 116 Å². The summed E-state index contributed by atoms with van der Waals surface area (Å²) in [5, 5.41) is 3.98. The molecule has 112 valence electrons. The van der Waals surface area contributed by atoms with Gasteiger partial charge in [0.1, 0.15) is 4.90 Å². The molecule has 0 bridgehead atoms. The summed E-state index contributed by atoms with van der Waals surface area (Å²) in [6, 6.07) is 6.22. The Morgan fingerprint density at radius 2 is 2.05 bits per heavy atom. The van der Waals surface area contributed by atoms with Crippen LogP contribution in [-0.2, 0) is 14.8 Å². The van der Waals surface area contributed by atoms with E-state index in [0.717, 1.165) is 0 Å². The standard InChI is InChI=1S/C12H14N4O4S/c1-14-21(18,19)10-6-4-3-5-9(10)16-7-8(13)11(15-16)12(17)20-2/h3-7,14H,13H2,1-2H3. The molecule has 9 heteroatoms. The number of rotatable bonds is 4. The summed E-state index contributed by atoms with van der Waals surface area (Å²) in [6.07, 6.45) is 1.36. The first-order valence-corrected chi connectivity index (χ1v) is 7.35.